The quantitative estimate of drug-likeness (QED) is 0.879. The Hall–Kier alpha value is -2.36. The summed E-state index contributed by atoms with van der Waals surface area (Å²) in [7, 11) is 0. The lowest BCUT2D eigenvalue weighted by atomic mass is 9.98. The maximum Gasteiger partial charge on any atom is 0.124 e. The summed E-state index contributed by atoms with van der Waals surface area (Å²) in [6.07, 6.45) is 0.669. The van der Waals surface area contributed by atoms with Crippen molar-refractivity contribution in [3.05, 3.63) is 65.0 Å². The van der Waals surface area contributed by atoms with E-state index in [-0.39, 0.29) is 17.6 Å². The van der Waals surface area contributed by atoms with Crippen molar-refractivity contribution in [2.75, 3.05) is 0 Å². The van der Waals surface area contributed by atoms with Crippen LogP contribution in [0.3, 0.4) is 0 Å². The molecule has 1 heterocycles. The maximum atomic E-state index is 12.9. The molecule has 2 N–H and O–H groups in total. The number of aromatic hydroxyl groups is 1. The number of hydrogen-bond acceptors (Lipinski definition) is 3. The van der Waals surface area contributed by atoms with Crippen LogP contribution in [0, 0.1) is 12.7 Å². The third-order valence-electron chi connectivity index (χ3n) is 3.49. The van der Waals surface area contributed by atoms with Gasteiger partial charge in [0.2, 0.25) is 0 Å². The number of halogens is 1. The molecule has 0 unspecified atom stereocenters. The van der Waals surface area contributed by atoms with Crippen molar-refractivity contribution in [3.63, 3.8) is 0 Å². The van der Waals surface area contributed by atoms with Crippen LogP contribution in [0.1, 0.15) is 29.2 Å². The summed E-state index contributed by atoms with van der Waals surface area (Å²) in [4.78, 5) is 0. The number of phenolic OH excluding ortho intramolecular Hbond substituents is 1. The molecule has 3 nitrogen and oxygen atoms in total. The second-order valence-corrected chi connectivity index (χ2v) is 5.02. The van der Waals surface area contributed by atoms with Crippen LogP contribution in [0.2, 0.25) is 0 Å². The van der Waals surface area contributed by atoms with Gasteiger partial charge in [-0.2, -0.15) is 5.10 Å². The molecule has 2 aromatic rings. The van der Waals surface area contributed by atoms with Crippen LogP contribution in [-0.4, -0.2) is 10.8 Å². The first kappa shape index (κ1) is 12.7. The summed E-state index contributed by atoms with van der Waals surface area (Å²) in [6, 6.07) is 11.9. The largest absolute Gasteiger partial charge is 0.507 e. The molecule has 0 aromatic heterocycles. The average molecular weight is 270 g/mol. The highest BCUT2D eigenvalue weighted by Crippen LogP contribution is 2.28. The van der Waals surface area contributed by atoms with Gasteiger partial charge < -0.3 is 10.5 Å². The molecule has 0 spiro atoms. The first-order valence-corrected chi connectivity index (χ1v) is 6.51. The maximum absolute atomic E-state index is 12.9. The number of phenols is 1. The van der Waals surface area contributed by atoms with E-state index >= 15 is 0 Å². The van der Waals surface area contributed by atoms with Gasteiger partial charge in [0.05, 0.1) is 11.8 Å². The van der Waals surface area contributed by atoms with Crippen LogP contribution in [0.25, 0.3) is 0 Å². The highest BCUT2D eigenvalue weighted by atomic mass is 19.1. The van der Waals surface area contributed by atoms with Gasteiger partial charge in [0.15, 0.2) is 0 Å². The Kier molecular flexibility index (Phi) is 3.14. The molecule has 4 heteroatoms. The van der Waals surface area contributed by atoms with Gasteiger partial charge in [0, 0.05) is 12.0 Å². The Balaban J connectivity index is 1.82. The fourth-order valence-corrected chi connectivity index (χ4v) is 2.38. The monoisotopic (exact) mass is 270 g/mol. The molecule has 20 heavy (non-hydrogen) atoms. The van der Waals surface area contributed by atoms with Gasteiger partial charge >= 0.3 is 0 Å². The molecule has 0 saturated heterocycles. The van der Waals surface area contributed by atoms with Crippen molar-refractivity contribution in [3.8, 4) is 5.75 Å². The molecule has 1 aliphatic rings. The highest BCUT2D eigenvalue weighted by molar-refractivity contribution is 6.04. The van der Waals surface area contributed by atoms with Crippen molar-refractivity contribution in [2.24, 2.45) is 5.10 Å². The smallest absolute Gasteiger partial charge is 0.124 e. The van der Waals surface area contributed by atoms with E-state index < -0.39 is 0 Å². The molecule has 1 aliphatic heterocycles. The van der Waals surface area contributed by atoms with E-state index in [9.17, 15) is 9.50 Å². The van der Waals surface area contributed by atoms with Crippen molar-refractivity contribution in [1.82, 2.24) is 5.43 Å². The van der Waals surface area contributed by atoms with Crippen molar-refractivity contribution < 1.29 is 9.50 Å². The van der Waals surface area contributed by atoms with Crippen molar-refractivity contribution in [2.45, 2.75) is 19.4 Å². The van der Waals surface area contributed by atoms with Gasteiger partial charge in [-0.05, 0) is 36.8 Å². The number of hydrogen-bond donors (Lipinski definition) is 2. The van der Waals surface area contributed by atoms with Crippen LogP contribution in [0.15, 0.2) is 47.6 Å². The molecule has 0 bridgehead atoms. The second kappa shape index (κ2) is 4.96. The minimum absolute atomic E-state index is 0.0190. The number of nitrogens with one attached hydrogen (secondary N) is 1. The van der Waals surface area contributed by atoms with Gasteiger partial charge in [-0.3, -0.25) is 0 Å². The molecule has 0 saturated carbocycles. The van der Waals surface area contributed by atoms with E-state index in [0.717, 1.165) is 22.4 Å². The van der Waals surface area contributed by atoms with E-state index in [1.165, 1.54) is 12.1 Å². The topological polar surface area (TPSA) is 44.6 Å². The number of aryl methyl sites for hydroxylation is 1. The highest BCUT2D eigenvalue weighted by Gasteiger charge is 2.22. The molecule has 0 amide bonds. The zero-order valence-corrected chi connectivity index (χ0v) is 11.1. The van der Waals surface area contributed by atoms with Gasteiger partial charge in [-0.1, -0.05) is 23.8 Å². The Labute approximate surface area is 116 Å². The molecular formula is C16H15FN2O. The Morgan fingerprint density at radius 2 is 1.95 bits per heavy atom. The zero-order valence-electron chi connectivity index (χ0n) is 11.1. The Morgan fingerprint density at radius 3 is 2.70 bits per heavy atom. The van der Waals surface area contributed by atoms with E-state index in [0.29, 0.717) is 6.42 Å². The number of nitrogens with zero attached hydrogens (tertiary/aromatic N) is 1. The number of benzene rings is 2. The Bertz CT molecular complexity index is 665. The van der Waals surface area contributed by atoms with Crippen molar-refractivity contribution in [1.29, 1.82) is 0 Å². The number of hydrazone groups is 1. The standard InChI is InChI=1S/C16H15FN2O/c1-10-2-7-16(20)13(8-10)15-9-14(18-19-15)11-3-5-12(17)6-4-11/h2-8,14,18,20H,9H2,1H3/t14-/m1/s1. The van der Waals surface area contributed by atoms with Gasteiger partial charge in [0.1, 0.15) is 11.6 Å². The predicted octanol–water partition coefficient (Wildman–Crippen LogP) is 3.28. The lowest BCUT2D eigenvalue weighted by Crippen LogP contribution is -2.09. The summed E-state index contributed by atoms with van der Waals surface area (Å²) >= 11 is 0. The first-order valence-electron chi connectivity index (χ1n) is 6.51. The van der Waals surface area contributed by atoms with Crippen molar-refractivity contribution >= 4 is 5.71 Å². The summed E-state index contributed by atoms with van der Waals surface area (Å²) in [6.45, 7) is 1.98. The fourth-order valence-electron chi connectivity index (χ4n) is 2.38. The van der Waals surface area contributed by atoms with E-state index in [4.69, 9.17) is 0 Å². The fraction of sp³-hybridized carbons (Fsp3) is 0.188. The average Bonchev–Trinajstić information content (AvgIpc) is 2.92. The molecule has 0 radical (unpaired) electrons. The van der Waals surface area contributed by atoms with Gasteiger partial charge in [0.25, 0.3) is 0 Å². The summed E-state index contributed by atoms with van der Waals surface area (Å²) in [5.74, 6) is -0.0138. The molecule has 102 valence electrons. The van der Waals surface area contributed by atoms with Gasteiger partial charge in [-0.15, -0.1) is 0 Å². The van der Waals surface area contributed by atoms with E-state index in [1.54, 1.807) is 18.2 Å². The van der Waals surface area contributed by atoms with Crippen LogP contribution < -0.4 is 5.43 Å². The summed E-state index contributed by atoms with van der Waals surface area (Å²) < 4.78 is 12.9. The second-order valence-electron chi connectivity index (χ2n) is 5.02. The molecule has 3 rings (SSSR count). The summed E-state index contributed by atoms with van der Waals surface area (Å²) in [5, 5.41) is 14.2. The zero-order chi connectivity index (χ0) is 14.1. The SMILES string of the molecule is Cc1ccc(O)c(C2=NN[C@@H](c3ccc(F)cc3)C2)c1. The van der Waals surface area contributed by atoms with E-state index in [2.05, 4.69) is 10.5 Å². The number of rotatable bonds is 2. The molecule has 2 aromatic carbocycles. The van der Waals surface area contributed by atoms with Crippen LogP contribution >= 0.6 is 0 Å². The lowest BCUT2D eigenvalue weighted by molar-refractivity contribution is 0.474. The van der Waals surface area contributed by atoms with Crippen LogP contribution in [0.5, 0.6) is 5.75 Å². The van der Waals surface area contributed by atoms with Gasteiger partial charge in [-0.25, -0.2) is 4.39 Å². The minimum atomic E-state index is -0.246. The molecule has 0 aliphatic carbocycles. The first-order chi connectivity index (χ1) is 9.63. The van der Waals surface area contributed by atoms with Crippen LogP contribution in [-0.2, 0) is 0 Å². The normalized spacial score (nSPS) is 17.7. The third kappa shape index (κ3) is 2.37. The predicted molar refractivity (Wildman–Crippen MR) is 76.3 cm³/mol. The molecule has 1 atom stereocenters. The molecular weight excluding hydrogens is 255 g/mol. The minimum Gasteiger partial charge on any atom is -0.507 e. The third-order valence-corrected chi connectivity index (χ3v) is 3.49. The van der Waals surface area contributed by atoms with E-state index in [1.807, 2.05) is 19.1 Å². The summed E-state index contributed by atoms with van der Waals surface area (Å²) in [5.41, 5.74) is 6.67. The van der Waals surface area contributed by atoms with Crippen LogP contribution in [0.4, 0.5) is 4.39 Å². The lowest BCUT2D eigenvalue weighted by Gasteiger charge is -2.10. The molecule has 0 fully saturated rings. The Morgan fingerprint density at radius 1 is 1.20 bits per heavy atom.